The fourth-order valence-corrected chi connectivity index (χ4v) is 3.85. The average Bonchev–Trinajstić information content (AvgIpc) is 2.76. The van der Waals surface area contributed by atoms with Gasteiger partial charge in [-0.3, -0.25) is 9.40 Å². The van der Waals surface area contributed by atoms with E-state index in [9.17, 15) is 12.8 Å². The smallest absolute Gasteiger partial charge is 0.262 e. The number of anilines is 1. The number of hydrogen-bond acceptors (Lipinski definition) is 4. The number of halogens is 1. The molecule has 1 N–H and O–H groups in total. The SMILES string of the molecule is CCn1nc(C)c(NS(=O)(=O)c2ccc(OC)c(F)c2C)c1C. The third kappa shape index (κ3) is 3.03. The zero-order valence-corrected chi connectivity index (χ0v) is 14.6. The third-order valence-electron chi connectivity index (χ3n) is 3.73. The van der Waals surface area contributed by atoms with E-state index in [2.05, 4.69) is 9.82 Å². The van der Waals surface area contributed by atoms with Gasteiger partial charge in [0.1, 0.15) is 0 Å². The molecule has 0 amide bonds. The van der Waals surface area contributed by atoms with Gasteiger partial charge in [0.15, 0.2) is 11.6 Å². The second-order valence-electron chi connectivity index (χ2n) is 5.17. The van der Waals surface area contributed by atoms with Crippen molar-refractivity contribution in [2.24, 2.45) is 0 Å². The number of sulfonamides is 1. The topological polar surface area (TPSA) is 73.2 Å². The van der Waals surface area contributed by atoms with Crippen molar-refractivity contribution >= 4 is 15.7 Å². The molecule has 0 aliphatic heterocycles. The average molecular weight is 341 g/mol. The van der Waals surface area contributed by atoms with E-state index in [0.717, 1.165) is 0 Å². The lowest BCUT2D eigenvalue weighted by Gasteiger charge is -2.13. The Balaban J connectivity index is 2.49. The number of hydrogen-bond donors (Lipinski definition) is 1. The Labute approximate surface area is 135 Å². The van der Waals surface area contributed by atoms with Crippen molar-refractivity contribution < 1.29 is 17.5 Å². The molecular formula is C15H20FN3O3S. The Morgan fingerprint density at radius 1 is 1.30 bits per heavy atom. The molecule has 126 valence electrons. The molecule has 23 heavy (non-hydrogen) atoms. The predicted octanol–water partition coefficient (Wildman–Crippen LogP) is 2.78. The maximum atomic E-state index is 14.1. The van der Waals surface area contributed by atoms with Crippen LogP contribution in [0.25, 0.3) is 0 Å². The van der Waals surface area contributed by atoms with E-state index >= 15 is 0 Å². The van der Waals surface area contributed by atoms with Gasteiger partial charge in [-0.2, -0.15) is 5.10 Å². The molecular weight excluding hydrogens is 321 g/mol. The zero-order valence-electron chi connectivity index (χ0n) is 13.8. The number of rotatable bonds is 5. The maximum Gasteiger partial charge on any atom is 0.262 e. The molecule has 0 bridgehead atoms. The summed E-state index contributed by atoms with van der Waals surface area (Å²) in [5.41, 5.74) is 1.71. The molecule has 2 aromatic rings. The molecule has 0 aliphatic rings. The first-order valence-electron chi connectivity index (χ1n) is 7.12. The number of ether oxygens (including phenoxy) is 1. The van der Waals surface area contributed by atoms with Gasteiger partial charge in [-0.1, -0.05) is 0 Å². The highest BCUT2D eigenvalue weighted by Crippen LogP contribution is 2.29. The first-order valence-corrected chi connectivity index (χ1v) is 8.61. The summed E-state index contributed by atoms with van der Waals surface area (Å²) >= 11 is 0. The molecule has 1 aromatic carbocycles. The fourth-order valence-electron chi connectivity index (χ4n) is 2.43. The van der Waals surface area contributed by atoms with Crippen LogP contribution in [0.15, 0.2) is 17.0 Å². The molecule has 8 heteroatoms. The minimum absolute atomic E-state index is 0.00705. The Morgan fingerprint density at radius 2 is 1.96 bits per heavy atom. The van der Waals surface area contributed by atoms with Gasteiger partial charge >= 0.3 is 0 Å². The first kappa shape index (κ1) is 17.3. The summed E-state index contributed by atoms with van der Waals surface area (Å²) in [7, 11) is -2.60. The number of nitrogens with zero attached hydrogens (tertiary/aromatic N) is 2. The normalized spacial score (nSPS) is 11.6. The predicted molar refractivity (Wildman–Crippen MR) is 85.9 cm³/mol. The highest BCUT2D eigenvalue weighted by Gasteiger charge is 2.24. The van der Waals surface area contributed by atoms with E-state index in [4.69, 9.17) is 4.74 Å². The minimum Gasteiger partial charge on any atom is -0.494 e. The van der Waals surface area contributed by atoms with Crippen LogP contribution < -0.4 is 9.46 Å². The monoisotopic (exact) mass is 341 g/mol. The van der Waals surface area contributed by atoms with E-state index in [1.807, 2.05) is 6.92 Å². The Bertz CT molecular complexity index is 844. The van der Waals surface area contributed by atoms with Crippen molar-refractivity contribution in [3.63, 3.8) is 0 Å². The number of methoxy groups -OCH3 is 1. The Kier molecular flexibility index (Phi) is 4.65. The Hall–Kier alpha value is -2.09. The van der Waals surface area contributed by atoms with Gasteiger partial charge in [-0.15, -0.1) is 0 Å². The Morgan fingerprint density at radius 3 is 2.48 bits per heavy atom. The van der Waals surface area contributed by atoms with Crippen molar-refractivity contribution in [3.8, 4) is 5.75 Å². The largest absolute Gasteiger partial charge is 0.494 e. The quantitative estimate of drug-likeness (QED) is 0.907. The summed E-state index contributed by atoms with van der Waals surface area (Å²) in [6.45, 7) is 7.45. The van der Waals surface area contributed by atoms with Crippen molar-refractivity contribution in [3.05, 3.63) is 34.9 Å². The van der Waals surface area contributed by atoms with Gasteiger partial charge in [-0.05, 0) is 39.8 Å². The second-order valence-corrected chi connectivity index (χ2v) is 6.82. The molecule has 1 aromatic heterocycles. The maximum absolute atomic E-state index is 14.1. The van der Waals surface area contributed by atoms with E-state index in [-0.39, 0.29) is 16.2 Å². The van der Waals surface area contributed by atoms with Gasteiger partial charge in [0.25, 0.3) is 10.0 Å². The van der Waals surface area contributed by atoms with Crippen LogP contribution in [0.2, 0.25) is 0 Å². The number of aromatic nitrogens is 2. The number of nitrogens with one attached hydrogen (secondary N) is 1. The lowest BCUT2D eigenvalue weighted by molar-refractivity contribution is 0.384. The van der Waals surface area contributed by atoms with Crippen LogP contribution >= 0.6 is 0 Å². The van der Waals surface area contributed by atoms with Crippen LogP contribution in [0, 0.1) is 26.6 Å². The number of aryl methyl sites for hydroxylation is 2. The molecule has 0 unspecified atom stereocenters. The summed E-state index contributed by atoms with van der Waals surface area (Å²) in [5, 5.41) is 4.27. The summed E-state index contributed by atoms with van der Waals surface area (Å²) in [6.07, 6.45) is 0. The van der Waals surface area contributed by atoms with Crippen LogP contribution in [0.1, 0.15) is 23.9 Å². The standard InChI is InChI=1S/C15H20FN3O3S/c1-6-19-11(4)15(10(3)17-19)18-23(20,21)13-8-7-12(22-5)14(16)9(13)2/h7-8,18H,6H2,1-5H3. The van der Waals surface area contributed by atoms with Crippen LogP contribution in [0.4, 0.5) is 10.1 Å². The third-order valence-corrected chi connectivity index (χ3v) is 5.22. The number of benzene rings is 1. The van der Waals surface area contributed by atoms with E-state index in [1.165, 1.54) is 26.2 Å². The lowest BCUT2D eigenvalue weighted by Crippen LogP contribution is -2.16. The van der Waals surface area contributed by atoms with Crippen molar-refractivity contribution in [1.29, 1.82) is 0 Å². The van der Waals surface area contributed by atoms with Gasteiger partial charge in [0.05, 0.1) is 29.1 Å². The zero-order chi connectivity index (χ0) is 17.4. The molecule has 0 saturated heterocycles. The molecule has 0 radical (unpaired) electrons. The summed E-state index contributed by atoms with van der Waals surface area (Å²) in [4.78, 5) is -0.126. The highest BCUT2D eigenvalue weighted by molar-refractivity contribution is 7.92. The van der Waals surface area contributed by atoms with Gasteiger partial charge in [0, 0.05) is 12.1 Å². The minimum atomic E-state index is -3.93. The summed E-state index contributed by atoms with van der Waals surface area (Å²) in [5.74, 6) is -0.680. The summed E-state index contributed by atoms with van der Waals surface area (Å²) in [6, 6.07) is 2.63. The second kappa shape index (κ2) is 6.19. The summed E-state index contributed by atoms with van der Waals surface area (Å²) < 4.78 is 48.4. The molecule has 0 aliphatic carbocycles. The van der Waals surface area contributed by atoms with Crippen molar-refractivity contribution in [2.45, 2.75) is 39.1 Å². The van der Waals surface area contributed by atoms with Crippen LogP contribution in [0.5, 0.6) is 5.75 Å². The lowest BCUT2D eigenvalue weighted by atomic mass is 10.2. The molecule has 2 rings (SSSR count). The molecule has 0 atom stereocenters. The fraction of sp³-hybridized carbons (Fsp3) is 0.400. The van der Waals surface area contributed by atoms with E-state index < -0.39 is 15.8 Å². The van der Waals surface area contributed by atoms with Crippen LogP contribution in [-0.4, -0.2) is 25.3 Å². The highest BCUT2D eigenvalue weighted by atomic mass is 32.2. The van der Waals surface area contributed by atoms with Crippen LogP contribution in [-0.2, 0) is 16.6 Å². The molecule has 0 saturated carbocycles. The molecule has 0 fully saturated rings. The van der Waals surface area contributed by atoms with Gasteiger partial charge in [-0.25, -0.2) is 12.8 Å². The van der Waals surface area contributed by atoms with E-state index in [0.29, 0.717) is 23.6 Å². The molecule has 1 heterocycles. The van der Waals surface area contributed by atoms with Gasteiger partial charge in [0.2, 0.25) is 0 Å². The van der Waals surface area contributed by atoms with Crippen molar-refractivity contribution in [1.82, 2.24) is 9.78 Å². The molecule has 6 nitrogen and oxygen atoms in total. The molecule has 0 spiro atoms. The van der Waals surface area contributed by atoms with Crippen molar-refractivity contribution in [2.75, 3.05) is 11.8 Å². The van der Waals surface area contributed by atoms with Gasteiger partial charge < -0.3 is 4.74 Å². The van der Waals surface area contributed by atoms with Crippen LogP contribution in [0.3, 0.4) is 0 Å². The first-order chi connectivity index (χ1) is 10.7. The van der Waals surface area contributed by atoms with E-state index in [1.54, 1.807) is 18.5 Å².